The van der Waals surface area contributed by atoms with Gasteiger partial charge in [-0.15, -0.1) is 10.2 Å². The molecular weight excluding hydrogens is 300 g/mol. The van der Waals surface area contributed by atoms with Gasteiger partial charge >= 0.3 is 0 Å². The molecule has 2 rings (SSSR count). The van der Waals surface area contributed by atoms with E-state index in [0.29, 0.717) is 30.5 Å². The summed E-state index contributed by atoms with van der Waals surface area (Å²) >= 11 is 0. The molecule has 1 aromatic heterocycles. The van der Waals surface area contributed by atoms with Crippen LogP contribution in [0.2, 0.25) is 0 Å². The Morgan fingerprint density at radius 2 is 1.62 bits per heavy atom. The predicted molar refractivity (Wildman–Crippen MR) is 97.4 cm³/mol. The summed E-state index contributed by atoms with van der Waals surface area (Å²) in [7, 11) is 0. The third-order valence-corrected chi connectivity index (χ3v) is 3.65. The largest absolute Gasteiger partial charge is 0.488 e. The Hall–Kier alpha value is -2.36. The molecule has 0 spiro atoms. The molecule has 0 atom stereocenters. The minimum absolute atomic E-state index is 0.462. The molecule has 0 aliphatic heterocycles. The zero-order valence-electron chi connectivity index (χ0n) is 14.6. The lowest BCUT2D eigenvalue weighted by molar-refractivity contribution is 0.250. The van der Waals surface area contributed by atoms with Crippen LogP contribution in [0.5, 0.6) is 11.6 Å². The fraction of sp³-hybridized carbons (Fsp3) is 0.400. The Labute approximate surface area is 144 Å². The van der Waals surface area contributed by atoms with E-state index in [9.17, 15) is 0 Å². The minimum Gasteiger partial charge on any atom is -0.488 e. The molecule has 4 heteroatoms. The van der Waals surface area contributed by atoms with Crippen molar-refractivity contribution < 1.29 is 9.47 Å². The van der Waals surface area contributed by atoms with Gasteiger partial charge in [0.15, 0.2) is 5.75 Å². The SMILES string of the molecule is C=C(c1ccccc1)c1cc(OCCCC)c(OCCCC)nn1. The molecule has 128 valence electrons. The van der Waals surface area contributed by atoms with Crippen molar-refractivity contribution in [2.75, 3.05) is 13.2 Å². The molecule has 1 heterocycles. The smallest absolute Gasteiger partial charge is 0.276 e. The van der Waals surface area contributed by atoms with Crippen LogP contribution in [-0.4, -0.2) is 23.4 Å². The topological polar surface area (TPSA) is 44.2 Å². The Morgan fingerprint density at radius 3 is 2.29 bits per heavy atom. The highest BCUT2D eigenvalue weighted by atomic mass is 16.5. The lowest BCUT2D eigenvalue weighted by atomic mass is 10.0. The second-order valence-corrected chi connectivity index (χ2v) is 5.65. The summed E-state index contributed by atoms with van der Waals surface area (Å²) in [6.45, 7) is 9.66. The van der Waals surface area contributed by atoms with Gasteiger partial charge in [-0.3, -0.25) is 0 Å². The van der Waals surface area contributed by atoms with E-state index in [4.69, 9.17) is 9.47 Å². The normalized spacial score (nSPS) is 10.4. The summed E-state index contributed by atoms with van der Waals surface area (Å²) in [5.74, 6) is 1.10. The van der Waals surface area contributed by atoms with Gasteiger partial charge in [0, 0.05) is 11.6 Å². The van der Waals surface area contributed by atoms with Crippen LogP contribution in [0.3, 0.4) is 0 Å². The van der Waals surface area contributed by atoms with Gasteiger partial charge in [0.25, 0.3) is 5.88 Å². The number of aromatic nitrogens is 2. The summed E-state index contributed by atoms with van der Waals surface area (Å²) in [6, 6.07) is 11.8. The van der Waals surface area contributed by atoms with Gasteiger partial charge in [-0.05, 0) is 18.4 Å². The number of hydrogen-bond donors (Lipinski definition) is 0. The zero-order chi connectivity index (χ0) is 17.2. The number of rotatable bonds is 10. The first kappa shape index (κ1) is 18.0. The van der Waals surface area contributed by atoms with Crippen LogP contribution < -0.4 is 9.47 Å². The number of ether oxygens (including phenoxy) is 2. The van der Waals surface area contributed by atoms with E-state index in [-0.39, 0.29) is 0 Å². The van der Waals surface area contributed by atoms with Gasteiger partial charge < -0.3 is 9.47 Å². The highest BCUT2D eigenvalue weighted by Gasteiger charge is 2.13. The van der Waals surface area contributed by atoms with Crippen molar-refractivity contribution in [3.8, 4) is 11.6 Å². The van der Waals surface area contributed by atoms with E-state index in [2.05, 4.69) is 30.6 Å². The summed E-state index contributed by atoms with van der Waals surface area (Å²) in [5, 5.41) is 8.49. The number of benzene rings is 1. The quantitative estimate of drug-likeness (QED) is 0.583. The molecule has 0 aliphatic carbocycles. The molecule has 0 fully saturated rings. The molecule has 0 aliphatic rings. The van der Waals surface area contributed by atoms with E-state index in [1.807, 2.05) is 36.4 Å². The van der Waals surface area contributed by atoms with Crippen molar-refractivity contribution in [3.63, 3.8) is 0 Å². The van der Waals surface area contributed by atoms with E-state index in [1.165, 1.54) is 0 Å². The molecule has 0 saturated carbocycles. The molecule has 0 amide bonds. The zero-order valence-corrected chi connectivity index (χ0v) is 14.6. The molecule has 24 heavy (non-hydrogen) atoms. The van der Waals surface area contributed by atoms with Gasteiger partial charge in [-0.2, -0.15) is 0 Å². The third-order valence-electron chi connectivity index (χ3n) is 3.65. The molecular formula is C20H26N2O2. The summed E-state index contributed by atoms with van der Waals surface area (Å²) < 4.78 is 11.6. The maximum absolute atomic E-state index is 5.87. The van der Waals surface area contributed by atoms with Crippen LogP contribution >= 0.6 is 0 Å². The molecule has 0 bridgehead atoms. The van der Waals surface area contributed by atoms with Crippen LogP contribution in [0.15, 0.2) is 43.0 Å². The molecule has 0 radical (unpaired) electrons. The summed E-state index contributed by atoms with van der Waals surface area (Å²) in [5.41, 5.74) is 2.55. The van der Waals surface area contributed by atoms with E-state index < -0.39 is 0 Å². The fourth-order valence-electron chi connectivity index (χ4n) is 2.14. The van der Waals surface area contributed by atoms with E-state index in [1.54, 1.807) is 0 Å². The average molecular weight is 326 g/mol. The number of nitrogens with zero attached hydrogens (tertiary/aromatic N) is 2. The second-order valence-electron chi connectivity index (χ2n) is 5.65. The van der Waals surface area contributed by atoms with Crippen LogP contribution in [0, 0.1) is 0 Å². The minimum atomic E-state index is 0.462. The van der Waals surface area contributed by atoms with Crippen molar-refractivity contribution in [2.24, 2.45) is 0 Å². The van der Waals surface area contributed by atoms with Crippen LogP contribution in [0.4, 0.5) is 0 Å². The Balaban J connectivity index is 2.20. The molecule has 0 unspecified atom stereocenters. The highest BCUT2D eigenvalue weighted by Crippen LogP contribution is 2.29. The first-order valence-corrected chi connectivity index (χ1v) is 8.64. The highest BCUT2D eigenvalue weighted by molar-refractivity contribution is 5.76. The fourth-order valence-corrected chi connectivity index (χ4v) is 2.14. The molecule has 4 nitrogen and oxygen atoms in total. The van der Waals surface area contributed by atoms with Crippen molar-refractivity contribution in [3.05, 3.63) is 54.2 Å². The molecule has 2 aromatic rings. The van der Waals surface area contributed by atoms with Crippen LogP contribution in [-0.2, 0) is 0 Å². The number of hydrogen-bond acceptors (Lipinski definition) is 4. The standard InChI is InChI=1S/C20H26N2O2/c1-4-6-13-23-19-15-18(16(3)17-11-9-8-10-12-17)21-22-20(19)24-14-7-5-2/h8-12,15H,3-7,13-14H2,1-2H3. The van der Waals surface area contributed by atoms with Gasteiger partial charge in [0.05, 0.1) is 18.9 Å². The second kappa shape index (κ2) is 9.71. The molecule has 0 N–H and O–H groups in total. The number of unbranched alkanes of at least 4 members (excludes halogenated alkanes) is 2. The van der Waals surface area contributed by atoms with Crippen LogP contribution in [0.25, 0.3) is 5.57 Å². The molecule has 1 aromatic carbocycles. The van der Waals surface area contributed by atoms with Crippen molar-refractivity contribution in [1.82, 2.24) is 10.2 Å². The lowest BCUT2D eigenvalue weighted by Gasteiger charge is -2.13. The third kappa shape index (κ3) is 5.08. The Bertz CT molecular complexity index is 641. The van der Waals surface area contributed by atoms with Crippen molar-refractivity contribution >= 4 is 5.57 Å². The van der Waals surface area contributed by atoms with E-state index >= 15 is 0 Å². The lowest BCUT2D eigenvalue weighted by Crippen LogP contribution is -2.06. The van der Waals surface area contributed by atoms with Crippen LogP contribution in [0.1, 0.15) is 50.8 Å². The maximum atomic E-state index is 5.87. The first-order valence-electron chi connectivity index (χ1n) is 8.64. The summed E-state index contributed by atoms with van der Waals surface area (Å²) in [6.07, 6.45) is 4.12. The maximum Gasteiger partial charge on any atom is 0.276 e. The van der Waals surface area contributed by atoms with Gasteiger partial charge in [0.2, 0.25) is 0 Å². The predicted octanol–water partition coefficient (Wildman–Crippen LogP) is 4.90. The Kier molecular flexibility index (Phi) is 7.27. The van der Waals surface area contributed by atoms with Crippen molar-refractivity contribution in [1.29, 1.82) is 0 Å². The molecule has 0 saturated heterocycles. The van der Waals surface area contributed by atoms with Gasteiger partial charge in [-0.1, -0.05) is 63.6 Å². The Morgan fingerprint density at radius 1 is 0.958 bits per heavy atom. The van der Waals surface area contributed by atoms with E-state index in [0.717, 1.165) is 36.8 Å². The monoisotopic (exact) mass is 326 g/mol. The van der Waals surface area contributed by atoms with Crippen molar-refractivity contribution in [2.45, 2.75) is 39.5 Å². The summed E-state index contributed by atoms with van der Waals surface area (Å²) in [4.78, 5) is 0. The van der Waals surface area contributed by atoms with Gasteiger partial charge in [-0.25, -0.2) is 0 Å². The van der Waals surface area contributed by atoms with Gasteiger partial charge in [0.1, 0.15) is 0 Å². The first-order chi connectivity index (χ1) is 11.8. The average Bonchev–Trinajstić information content (AvgIpc) is 2.63.